The lowest BCUT2D eigenvalue weighted by Gasteiger charge is -2.26. The molecule has 0 bridgehead atoms. The summed E-state index contributed by atoms with van der Waals surface area (Å²) in [7, 11) is 0. The van der Waals surface area contributed by atoms with Crippen LogP contribution in [0.25, 0.3) is 11.3 Å². The van der Waals surface area contributed by atoms with Crippen molar-refractivity contribution in [2.45, 2.75) is 19.3 Å². The Morgan fingerprint density at radius 3 is 2.52 bits per heavy atom. The van der Waals surface area contributed by atoms with Gasteiger partial charge in [0.2, 0.25) is 0 Å². The van der Waals surface area contributed by atoms with E-state index in [2.05, 4.69) is 10.3 Å². The fourth-order valence-electron chi connectivity index (χ4n) is 2.44. The molecule has 1 fully saturated rings. The topological polar surface area (TPSA) is 71.2 Å². The van der Waals surface area contributed by atoms with E-state index in [-0.39, 0.29) is 6.03 Å². The quantitative estimate of drug-likeness (QED) is 0.893. The summed E-state index contributed by atoms with van der Waals surface area (Å²) in [6.45, 7) is 1.70. The molecule has 1 aliphatic heterocycles. The molecule has 1 aromatic heterocycles. The predicted octanol–water partition coefficient (Wildman–Crippen LogP) is 3.41. The van der Waals surface area contributed by atoms with E-state index >= 15 is 0 Å². The van der Waals surface area contributed by atoms with Crippen molar-refractivity contribution < 1.29 is 4.79 Å². The molecule has 1 saturated heterocycles. The zero-order valence-electron chi connectivity index (χ0n) is 11.7. The maximum Gasteiger partial charge on any atom is 0.321 e. The van der Waals surface area contributed by atoms with Gasteiger partial charge in [-0.2, -0.15) is 0 Å². The lowest BCUT2D eigenvalue weighted by Crippen LogP contribution is -2.38. The van der Waals surface area contributed by atoms with E-state index in [1.54, 1.807) is 0 Å². The van der Waals surface area contributed by atoms with Gasteiger partial charge in [0.1, 0.15) is 0 Å². The Morgan fingerprint density at radius 1 is 1.19 bits per heavy atom. The van der Waals surface area contributed by atoms with E-state index in [9.17, 15) is 4.79 Å². The van der Waals surface area contributed by atoms with Crippen LogP contribution in [-0.4, -0.2) is 29.0 Å². The first-order valence-electron chi connectivity index (χ1n) is 7.10. The number of nitrogen functional groups attached to an aromatic ring is 1. The summed E-state index contributed by atoms with van der Waals surface area (Å²) < 4.78 is 0. The number of nitrogens with two attached hydrogens (primary N) is 1. The molecule has 1 aliphatic rings. The molecule has 0 spiro atoms. The SMILES string of the molecule is Nc1nc(-c2ccc(NC(=O)N3CCCCC3)cc2)cs1. The Kier molecular flexibility index (Phi) is 4.06. The molecule has 3 N–H and O–H groups in total. The number of amides is 2. The second-order valence-corrected chi connectivity index (χ2v) is 6.02. The number of hydrogen-bond acceptors (Lipinski definition) is 4. The molecule has 110 valence electrons. The first-order valence-corrected chi connectivity index (χ1v) is 7.98. The molecule has 2 aromatic rings. The van der Waals surface area contributed by atoms with Crippen LogP contribution in [-0.2, 0) is 0 Å². The summed E-state index contributed by atoms with van der Waals surface area (Å²) in [5.41, 5.74) is 8.31. The minimum atomic E-state index is -0.0136. The molecule has 2 heterocycles. The normalized spacial score (nSPS) is 15.0. The average Bonchev–Trinajstić information content (AvgIpc) is 2.95. The van der Waals surface area contributed by atoms with Gasteiger partial charge in [0, 0.05) is 29.7 Å². The maximum absolute atomic E-state index is 12.1. The molecule has 2 amide bonds. The first kappa shape index (κ1) is 13.9. The van der Waals surface area contributed by atoms with Crippen LogP contribution < -0.4 is 11.1 Å². The van der Waals surface area contributed by atoms with Crippen molar-refractivity contribution in [2.24, 2.45) is 0 Å². The van der Waals surface area contributed by atoms with Gasteiger partial charge in [-0.3, -0.25) is 0 Å². The average molecular weight is 302 g/mol. The molecule has 0 radical (unpaired) electrons. The third kappa shape index (κ3) is 3.33. The number of thiazole rings is 1. The van der Waals surface area contributed by atoms with Gasteiger partial charge in [0.15, 0.2) is 5.13 Å². The number of nitrogens with one attached hydrogen (secondary N) is 1. The molecule has 5 nitrogen and oxygen atoms in total. The van der Waals surface area contributed by atoms with Crippen molar-refractivity contribution in [3.63, 3.8) is 0 Å². The number of anilines is 2. The van der Waals surface area contributed by atoms with Crippen LogP contribution in [0.3, 0.4) is 0 Å². The van der Waals surface area contributed by atoms with E-state index in [0.29, 0.717) is 5.13 Å². The van der Waals surface area contributed by atoms with E-state index in [1.807, 2.05) is 34.5 Å². The Labute approximate surface area is 127 Å². The van der Waals surface area contributed by atoms with Crippen LogP contribution >= 0.6 is 11.3 Å². The van der Waals surface area contributed by atoms with Gasteiger partial charge < -0.3 is 16.0 Å². The molecule has 0 unspecified atom stereocenters. The highest BCUT2D eigenvalue weighted by Crippen LogP contribution is 2.24. The number of piperidine rings is 1. The Hall–Kier alpha value is -2.08. The molecular weight excluding hydrogens is 284 g/mol. The fraction of sp³-hybridized carbons (Fsp3) is 0.333. The van der Waals surface area contributed by atoms with E-state index in [1.165, 1.54) is 17.8 Å². The van der Waals surface area contributed by atoms with Gasteiger partial charge in [0.25, 0.3) is 0 Å². The van der Waals surface area contributed by atoms with Crippen LogP contribution in [0.4, 0.5) is 15.6 Å². The minimum Gasteiger partial charge on any atom is -0.375 e. The van der Waals surface area contributed by atoms with Gasteiger partial charge in [-0.05, 0) is 31.4 Å². The van der Waals surface area contributed by atoms with Crippen molar-refractivity contribution in [3.05, 3.63) is 29.6 Å². The van der Waals surface area contributed by atoms with Crippen LogP contribution in [0, 0.1) is 0 Å². The predicted molar refractivity (Wildman–Crippen MR) is 86.4 cm³/mol. The Balaban J connectivity index is 1.65. The number of hydrogen-bond donors (Lipinski definition) is 2. The molecule has 0 saturated carbocycles. The van der Waals surface area contributed by atoms with Gasteiger partial charge in [-0.25, -0.2) is 9.78 Å². The third-order valence-electron chi connectivity index (χ3n) is 3.60. The molecule has 0 aliphatic carbocycles. The van der Waals surface area contributed by atoms with Crippen molar-refractivity contribution in [1.29, 1.82) is 0 Å². The molecule has 6 heteroatoms. The highest BCUT2D eigenvalue weighted by atomic mass is 32.1. The van der Waals surface area contributed by atoms with Crippen LogP contribution in [0.15, 0.2) is 29.6 Å². The zero-order valence-corrected chi connectivity index (χ0v) is 12.5. The molecule has 1 aromatic carbocycles. The molecule has 0 atom stereocenters. The van der Waals surface area contributed by atoms with Crippen molar-refractivity contribution in [2.75, 3.05) is 24.1 Å². The highest BCUT2D eigenvalue weighted by Gasteiger charge is 2.16. The summed E-state index contributed by atoms with van der Waals surface area (Å²) >= 11 is 1.42. The van der Waals surface area contributed by atoms with Crippen LogP contribution in [0.2, 0.25) is 0 Å². The summed E-state index contributed by atoms with van der Waals surface area (Å²) in [6, 6.07) is 7.67. The Bertz CT molecular complexity index is 617. The summed E-state index contributed by atoms with van der Waals surface area (Å²) in [6.07, 6.45) is 3.41. The second kappa shape index (κ2) is 6.13. The monoisotopic (exact) mass is 302 g/mol. The molecular formula is C15H18N4OS. The zero-order chi connectivity index (χ0) is 14.7. The number of carbonyl (C=O) groups excluding carboxylic acids is 1. The lowest BCUT2D eigenvalue weighted by atomic mass is 10.1. The summed E-state index contributed by atoms with van der Waals surface area (Å²) in [5.74, 6) is 0. The number of rotatable bonds is 2. The number of urea groups is 1. The van der Waals surface area contributed by atoms with E-state index < -0.39 is 0 Å². The smallest absolute Gasteiger partial charge is 0.321 e. The number of carbonyl (C=O) groups is 1. The number of nitrogens with zero attached hydrogens (tertiary/aromatic N) is 2. The molecule has 3 rings (SSSR count). The first-order chi connectivity index (χ1) is 10.2. The van der Waals surface area contributed by atoms with E-state index in [4.69, 9.17) is 5.73 Å². The van der Waals surface area contributed by atoms with Crippen molar-refractivity contribution >= 4 is 28.2 Å². The van der Waals surface area contributed by atoms with Crippen LogP contribution in [0.1, 0.15) is 19.3 Å². The summed E-state index contributed by atoms with van der Waals surface area (Å²) in [4.78, 5) is 18.2. The molecule has 21 heavy (non-hydrogen) atoms. The number of aromatic nitrogens is 1. The lowest BCUT2D eigenvalue weighted by molar-refractivity contribution is 0.200. The summed E-state index contributed by atoms with van der Waals surface area (Å²) in [5, 5.41) is 5.43. The van der Waals surface area contributed by atoms with Gasteiger partial charge in [-0.1, -0.05) is 12.1 Å². The van der Waals surface area contributed by atoms with Crippen LogP contribution in [0.5, 0.6) is 0 Å². The van der Waals surface area contributed by atoms with Gasteiger partial charge in [-0.15, -0.1) is 11.3 Å². The van der Waals surface area contributed by atoms with E-state index in [0.717, 1.165) is 42.9 Å². The minimum absolute atomic E-state index is 0.0136. The number of likely N-dealkylation sites (tertiary alicyclic amines) is 1. The Morgan fingerprint density at radius 2 is 1.90 bits per heavy atom. The fourth-order valence-corrected chi connectivity index (χ4v) is 3.02. The van der Waals surface area contributed by atoms with Gasteiger partial charge in [0.05, 0.1) is 5.69 Å². The van der Waals surface area contributed by atoms with Crippen molar-refractivity contribution in [1.82, 2.24) is 9.88 Å². The highest BCUT2D eigenvalue weighted by molar-refractivity contribution is 7.13. The third-order valence-corrected chi connectivity index (χ3v) is 4.27. The second-order valence-electron chi connectivity index (χ2n) is 5.13. The van der Waals surface area contributed by atoms with Crippen molar-refractivity contribution in [3.8, 4) is 11.3 Å². The van der Waals surface area contributed by atoms with Gasteiger partial charge >= 0.3 is 6.03 Å². The largest absolute Gasteiger partial charge is 0.375 e. The standard InChI is InChI=1S/C15H18N4OS/c16-14-18-13(10-21-14)11-4-6-12(7-5-11)17-15(20)19-8-2-1-3-9-19/h4-7,10H,1-3,8-9H2,(H2,16,18)(H,17,20). The maximum atomic E-state index is 12.1. The number of benzene rings is 1.